The van der Waals surface area contributed by atoms with Crippen LogP contribution in [0.1, 0.15) is 52.9 Å². The Morgan fingerprint density at radius 1 is 1.50 bits per heavy atom. The van der Waals surface area contributed by atoms with Gasteiger partial charge in [0, 0.05) is 19.6 Å². The summed E-state index contributed by atoms with van der Waals surface area (Å²) in [5.74, 6) is 0.0125. The van der Waals surface area contributed by atoms with E-state index >= 15 is 0 Å². The van der Waals surface area contributed by atoms with Crippen LogP contribution in [0.2, 0.25) is 0 Å². The minimum absolute atomic E-state index is 0.0125. The Labute approximate surface area is 110 Å². The van der Waals surface area contributed by atoms with Gasteiger partial charge in [-0.3, -0.25) is 4.79 Å². The minimum Gasteiger partial charge on any atom is -0.391 e. The van der Waals surface area contributed by atoms with Crippen molar-refractivity contribution >= 4 is 5.91 Å². The Bertz CT molecular complexity index is 254. The van der Waals surface area contributed by atoms with Crippen LogP contribution < -0.4 is 5.32 Å². The smallest absolute Gasteiger partial charge is 0.220 e. The molecule has 0 saturated carbocycles. The molecular formula is C14H27NO3. The van der Waals surface area contributed by atoms with Crippen LogP contribution in [0, 0.1) is 5.41 Å². The fourth-order valence-corrected chi connectivity index (χ4v) is 2.26. The van der Waals surface area contributed by atoms with E-state index in [0.29, 0.717) is 19.4 Å². The molecule has 1 fully saturated rings. The van der Waals surface area contributed by atoms with Crippen LogP contribution in [-0.2, 0) is 9.53 Å². The van der Waals surface area contributed by atoms with Gasteiger partial charge in [0.1, 0.15) is 0 Å². The van der Waals surface area contributed by atoms with E-state index in [4.69, 9.17) is 4.74 Å². The maximum absolute atomic E-state index is 11.6. The molecule has 4 nitrogen and oxygen atoms in total. The number of hydrogen-bond acceptors (Lipinski definition) is 3. The number of carbonyl (C=O) groups is 1. The van der Waals surface area contributed by atoms with Crippen molar-refractivity contribution in [3.8, 4) is 0 Å². The van der Waals surface area contributed by atoms with Crippen molar-refractivity contribution in [2.45, 2.75) is 65.1 Å². The molecule has 1 aliphatic heterocycles. The summed E-state index contributed by atoms with van der Waals surface area (Å²) in [6.45, 7) is 7.42. The summed E-state index contributed by atoms with van der Waals surface area (Å²) in [4.78, 5) is 11.6. The molecule has 1 heterocycles. The van der Waals surface area contributed by atoms with E-state index in [0.717, 1.165) is 25.9 Å². The second-order valence-electron chi connectivity index (χ2n) is 6.40. The number of nitrogens with one attached hydrogen (secondary N) is 1. The van der Waals surface area contributed by atoms with Gasteiger partial charge in [-0.05, 0) is 31.1 Å². The van der Waals surface area contributed by atoms with Crippen molar-refractivity contribution < 1.29 is 14.6 Å². The number of carbonyl (C=O) groups excluding carboxylic acids is 1. The molecule has 106 valence electrons. The quantitative estimate of drug-likeness (QED) is 0.763. The van der Waals surface area contributed by atoms with Crippen molar-refractivity contribution in [1.29, 1.82) is 0 Å². The molecule has 1 saturated heterocycles. The third-order valence-electron chi connectivity index (χ3n) is 3.10. The second kappa shape index (κ2) is 7.10. The highest BCUT2D eigenvalue weighted by atomic mass is 16.5. The number of ether oxygens (including phenoxy) is 1. The highest BCUT2D eigenvalue weighted by molar-refractivity contribution is 5.75. The van der Waals surface area contributed by atoms with Gasteiger partial charge in [0.2, 0.25) is 5.91 Å². The molecule has 1 rings (SSSR count). The Balaban J connectivity index is 2.08. The lowest BCUT2D eigenvalue weighted by Crippen LogP contribution is -2.34. The number of aliphatic hydroxyl groups excluding tert-OH is 1. The fraction of sp³-hybridized carbons (Fsp3) is 0.929. The summed E-state index contributed by atoms with van der Waals surface area (Å²) < 4.78 is 5.47. The van der Waals surface area contributed by atoms with Gasteiger partial charge in [0.15, 0.2) is 0 Å². The van der Waals surface area contributed by atoms with E-state index in [-0.39, 0.29) is 17.4 Å². The molecule has 0 aromatic carbocycles. The highest BCUT2D eigenvalue weighted by Gasteiger charge is 2.19. The van der Waals surface area contributed by atoms with Crippen LogP contribution in [-0.4, -0.2) is 36.4 Å². The Kier molecular flexibility index (Phi) is 6.09. The second-order valence-corrected chi connectivity index (χ2v) is 6.40. The predicted molar refractivity (Wildman–Crippen MR) is 71.3 cm³/mol. The molecule has 0 bridgehead atoms. The van der Waals surface area contributed by atoms with Crippen molar-refractivity contribution in [2.24, 2.45) is 5.41 Å². The van der Waals surface area contributed by atoms with E-state index < -0.39 is 6.10 Å². The number of hydrogen-bond donors (Lipinski definition) is 2. The molecule has 0 aromatic heterocycles. The van der Waals surface area contributed by atoms with Gasteiger partial charge in [0.05, 0.1) is 12.2 Å². The molecular weight excluding hydrogens is 230 g/mol. The average Bonchev–Trinajstić information content (AvgIpc) is 2.74. The summed E-state index contributed by atoms with van der Waals surface area (Å²) >= 11 is 0. The Morgan fingerprint density at radius 2 is 2.22 bits per heavy atom. The molecule has 2 N–H and O–H groups in total. The number of amides is 1. The summed E-state index contributed by atoms with van der Waals surface area (Å²) in [5, 5.41) is 12.6. The largest absolute Gasteiger partial charge is 0.391 e. The van der Waals surface area contributed by atoms with Crippen molar-refractivity contribution in [3.05, 3.63) is 0 Å². The number of aliphatic hydroxyl groups is 1. The van der Waals surface area contributed by atoms with Crippen LogP contribution in [0.5, 0.6) is 0 Å². The van der Waals surface area contributed by atoms with Crippen molar-refractivity contribution in [1.82, 2.24) is 5.32 Å². The van der Waals surface area contributed by atoms with Gasteiger partial charge in [-0.15, -0.1) is 0 Å². The molecule has 18 heavy (non-hydrogen) atoms. The van der Waals surface area contributed by atoms with Crippen LogP contribution in [0.15, 0.2) is 0 Å². The zero-order valence-corrected chi connectivity index (χ0v) is 11.9. The van der Waals surface area contributed by atoms with E-state index in [9.17, 15) is 9.90 Å². The minimum atomic E-state index is -0.461. The van der Waals surface area contributed by atoms with Crippen LogP contribution in [0.3, 0.4) is 0 Å². The van der Waals surface area contributed by atoms with Crippen molar-refractivity contribution in [3.63, 3.8) is 0 Å². The molecule has 2 atom stereocenters. The highest BCUT2D eigenvalue weighted by Crippen LogP contribution is 2.20. The Hall–Kier alpha value is -0.610. The summed E-state index contributed by atoms with van der Waals surface area (Å²) in [6.07, 6.45) is 3.95. The fourth-order valence-electron chi connectivity index (χ4n) is 2.26. The topological polar surface area (TPSA) is 58.6 Å². The monoisotopic (exact) mass is 257 g/mol. The predicted octanol–water partition coefficient (Wildman–Crippen LogP) is 1.86. The van der Waals surface area contributed by atoms with E-state index in [1.807, 2.05) is 0 Å². The SMILES string of the molecule is CC(C)(C)CC(O)CNC(=O)CCC1CCCO1. The molecule has 2 unspecified atom stereocenters. The first-order valence-electron chi connectivity index (χ1n) is 6.93. The average molecular weight is 257 g/mol. The van der Waals surface area contributed by atoms with E-state index in [2.05, 4.69) is 26.1 Å². The molecule has 0 radical (unpaired) electrons. The third kappa shape index (κ3) is 6.97. The summed E-state index contributed by atoms with van der Waals surface area (Å²) in [6, 6.07) is 0. The van der Waals surface area contributed by atoms with Crippen molar-refractivity contribution in [2.75, 3.05) is 13.2 Å². The molecule has 1 aliphatic rings. The van der Waals surface area contributed by atoms with Gasteiger partial charge < -0.3 is 15.2 Å². The molecule has 0 spiro atoms. The molecule has 0 aliphatic carbocycles. The summed E-state index contributed by atoms with van der Waals surface area (Å²) in [7, 11) is 0. The van der Waals surface area contributed by atoms with Crippen LogP contribution >= 0.6 is 0 Å². The summed E-state index contributed by atoms with van der Waals surface area (Å²) in [5.41, 5.74) is 0.0852. The zero-order valence-electron chi connectivity index (χ0n) is 11.9. The lowest BCUT2D eigenvalue weighted by molar-refractivity contribution is -0.122. The molecule has 1 amide bonds. The Morgan fingerprint density at radius 3 is 2.78 bits per heavy atom. The third-order valence-corrected chi connectivity index (χ3v) is 3.10. The normalized spacial score (nSPS) is 21.9. The number of rotatable bonds is 6. The zero-order chi connectivity index (χ0) is 13.6. The molecule has 4 heteroatoms. The maximum Gasteiger partial charge on any atom is 0.220 e. The van der Waals surface area contributed by atoms with Gasteiger partial charge in [-0.25, -0.2) is 0 Å². The lowest BCUT2D eigenvalue weighted by atomic mass is 9.89. The first kappa shape index (κ1) is 15.4. The standard InChI is InChI=1S/C14H27NO3/c1-14(2,3)9-11(16)10-15-13(17)7-6-12-5-4-8-18-12/h11-12,16H,4-10H2,1-3H3,(H,15,17). The first-order chi connectivity index (χ1) is 8.37. The van der Waals surface area contributed by atoms with E-state index in [1.165, 1.54) is 0 Å². The lowest BCUT2D eigenvalue weighted by Gasteiger charge is -2.22. The van der Waals surface area contributed by atoms with Gasteiger partial charge in [0.25, 0.3) is 0 Å². The maximum atomic E-state index is 11.6. The van der Waals surface area contributed by atoms with Gasteiger partial charge in [-0.1, -0.05) is 20.8 Å². The first-order valence-corrected chi connectivity index (χ1v) is 6.93. The van der Waals surface area contributed by atoms with Crippen LogP contribution in [0.25, 0.3) is 0 Å². The van der Waals surface area contributed by atoms with Gasteiger partial charge >= 0.3 is 0 Å². The molecule has 0 aromatic rings. The van der Waals surface area contributed by atoms with E-state index in [1.54, 1.807) is 0 Å². The van der Waals surface area contributed by atoms with Crippen LogP contribution in [0.4, 0.5) is 0 Å². The van der Waals surface area contributed by atoms with Gasteiger partial charge in [-0.2, -0.15) is 0 Å².